The molecule has 0 aromatic heterocycles. The highest BCUT2D eigenvalue weighted by atomic mass is 16.6. The van der Waals surface area contributed by atoms with E-state index in [1.165, 1.54) is 21.3 Å². The molecule has 0 spiro atoms. The van der Waals surface area contributed by atoms with E-state index >= 15 is 0 Å². The summed E-state index contributed by atoms with van der Waals surface area (Å²) < 4.78 is 28.0. The first-order chi connectivity index (χ1) is 45.7. The van der Waals surface area contributed by atoms with Crippen molar-refractivity contribution in [3.63, 3.8) is 0 Å². The monoisotopic (exact) mass is 1350 g/mol. The number of nitrogens with two attached hydrogens (primary N) is 1. The molecule has 0 saturated carbocycles. The highest BCUT2D eigenvalue weighted by Crippen LogP contribution is 2.30. The van der Waals surface area contributed by atoms with Crippen molar-refractivity contribution >= 4 is 71.0 Å². The van der Waals surface area contributed by atoms with Gasteiger partial charge >= 0.3 is 24.2 Å². The normalized spacial score (nSPS) is 16.2. The van der Waals surface area contributed by atoms with E-state index in [2.05, 4.69) is 43.8 Å². The SMILES string of the molecule is C=C(C)[C@@H](C(=O)N[C@H](C(=O)N(C)[C@@H]([C@@H](C)CC)[C@@H](CC(=O)N1CCC[C@H]1[C@H](OC)[C@@H](C)C(=O)N[C@@H](Cc1ccccc1)C(=O)OC)OC)C(C)C)N(C)Cc1cccc(NC(=O)OCc2ccc(NC(=O)[C@H](CCCNC(N)=O)NC(=O)[C@@H](NC(=O)OC(C)(C)C)C(C)C)cc2)c1. The van der Waals surface area contributed by atoms with Gasteiger partial charge in [-0.2, -0.15) is 0 Å². The van der Waals surface area contributed by atoms with Crippen molar-refractivity contribution in [2.24, 2.45) is 29.4 Å². The second-order valence-corrected chi connectivity index (χ2v) is 26.7. The van der Waals surface area contributed by atoms with Crippen LogP contribution in [0.2, 0.25) is 0 Å². The maximum absolute atomic E-state index is 14.9. The fraction of sp³-hybridized carbons (Fsp3) is 0.577. The number of carbonyl (C=O) groups is 10. The molecule has 1 fully saturated rings. The molecule has 97 heavy (non-hydrogen) atoms. The van der Waals surface area contributed by atoms with Gasteiger partial charge in [0.1, 0.15) is 42.4 Å². The van der Waals surface area contributed by atoms with Gasteiger partial charge in [-0.05, 0) is 119 Å². The third kappa shape index (κ3) is 25.4. The Morgan fingerprint density at radius 1 is 0.711 bits per heavy atom. The first-order valence-electron chi connectivity index (χ1n) is 33.2. The summed E-state index contributed by atoms with van der Waals surface area (Å²) in [4.78, 5) is 140. The number of benzene rings is 3. The predicted octanol–water partition coefficient (Wildman–Crippen LogP) is 7.19. The van der Waals surface area contributed by atoms with Gasteiger partial charge in [0.05, 0.1) is 43.7 Å². The number of methoxy groups -OCH3 is 3. The van der Waals surface area contributed by atoms with Gasteiger partial charge in [0.25, 0.3) is 0 Å². The van der Waals surface area contributed by atoms with Crippen LogP contribution in [-0.2, 0) is 76.8 Å². The van der Waals surface area contributed by atoms with E-state index in [-0.39, 0.29) is 74.9 Å². The number of nitrogens with zero attached hydrogens (tertiary/aromatic N) is 3. The van der Waals surface area contributed by atoms with Crippen LogP contribution in [0.1, 0.15) is 131 Å². The summed E-state index contributed by atoms with van der Waals surface area (Å²) in [6, 6.07) is 16.0. The number of likely N-dealkylation sites (tertiary alicyclic amines) is 1. The summed E-state index contributed by atoms with van der Waals surface area (Å²) in [5, 5.41) is 19.2. The summed E-state index contributed by atoms with van der Waals surface area (Å²) in [7, 11) is 7.70. The maximum atomic E-state index is 14.9. The highest BCUT2D eigenvalue weighted by molar-refractivity contribution is 5.98. The number of ether oxygens (including phenoxy) is 5. The number of alkyl carbamates (subject to hydrolysis) is 1. The third-order valence-corrected chi connectivity index (χ3v) is 17.1. The van der Waals surface area contributed by atoms with Gasteiger partial charge < -0.3 is 71.1 Å². The molecule has 0 radical (unpaired) electrons. The molecule has 26 heteroatoms. The zero-order valence-electron chi connectivity index (χ0n) is 59.5. The molecule has 1 aliphatic rings. The molecule has 0 bridgehead atoms. The molecule has 1 saturated heterocycles. The third-order valence-electron chi connectivity index (χ3n) is 17.1. The van der Waals surface area contributed by atoms with Crippen molar-refractivity contribution < 1.29 is 71.6 Å². The average Bonchev–Trinajstić information content (AvgIpc) is 1.80. The Bertz CT molecular complexity index is 3120. The van der Waals surface area contributed by atoms with Crippen molar-refractivity contribution in [2.75, 3.05) is 59.1 Å². The number of nitrogens with one attached hydrogen (secondary N) is 7. The molecule has 10 amide bonds. The van der Waals surface area contributed by atoms with Crippen molar-refractivity contribution in [2.45, 2.75) is 194 Å². The van der Waals surface area contributed by atoms with Crippen LogP contribution in [0.4, 0.5) is 25.8 Å². The zero-order valence-corrected chi connectivity index (χ0v) is 59.5. The fourth-order valence-corrected chi connectivity index (χ4v) is 11.9. The van der Waals surface area contributed by atoms with E-state index in [4.69, 9.17) is 29.4 Å². The van der Waals surface area contributed by atoms with E-state index in [1.54, 1.807) is 120 Å². The number of rotatable bonds is 36. The summed E-state index contributed by atoms with van der Waals surface area (Å²) in [5.41, 5.74) is 7.86. The Morgan fingerprint density at radius 3 is 1.93 bits per heavy atom. The summed E-state index contributed by atoms with van der Waals surface area (Å²) in [6.45, 7) is 24.4. The van der Waals surface area contributed by atoms with Crippen LogP contribution >= 0.6 is 0 Å². The zero-order chi connectivity index (χ0) is 72.4. The summed E-state index contributed by atoms with van der Waals surface area (Å²) in [5.74, 6) is -4.93. The molecule has 26 nitrogen and oxygen atoms in total. The molecular weight excluding hydrogens is 1250 g/mol. The largest absolute Gasteiger partial charge is 0.467 e. The van der Waals surface area contributed by atoms with Gasteiger partial charge in [0.15, 0.2) is 0 Å². The van der Waals surface area contributed by atoms with Gasteiger partial charge in [-0.1, -0.05) is 122 Å². The Balaban J connectivity index is 1.39. The molecule has 536 valence electrons. The molecule has 0 unspecified atom stereocenters. The Kier molecular flexibility index (Phi) is 32.4. The standard InChI is InChI=1S/C71H107N11O15/c1-18-45(8)60(55(93-15)39-56(83)82-36-24-30-54(82)61(94-16)46(9)62(84)77-53(67(89)95-17)38-47-25-20-19-21-26-47)81(14)66(88)58(43(4)5)78-65(87)59(44(6)7)80(13)40-49-27-22-28-51(37-49)75-69(91)96-41-48-31-33-50(34-32-48)74-63(85)52(29-23-35-73-68(72)90)76-64(86)57(42(2)3)79-70(92)97-71(10,11)12/h19-22,25-28,31-34,37,42-43,45-46,52-55,57-61H,6,18,23-24,29-30,35-36,38-41H2,1-5,7-17H3,(H,74,85)(H,75,91)(H,76,86)(H,77,84)(H,78,87)(H,79,92)(H3,72,73,90)/t45-,46+,52-,53-,54-,55+,57-,58-,59-,60-,61+/m0/s1. The van der Waals surface area contributed by atoms with Gasteiger partial charge in [-0.3, -0.25) is 39.0 Å². The summed E-state index contributed by atoms with van der Waals surface area (Å²) >= 11 is 0. The number of likely N-dealkylation sites (N-methyl/N-ethyl adjacent to an activating group) is 2. The quantitative estimate of drug-likeness (QED) is 0.0123. The Hall–Kier alpha value is -8.62. The molecule has 1 aliphatic heterocycles. The van der Waals surface area contributed by atoms with E-state index in [0.29, 0.717) is 48.3 Å². The van der Waals surface area contributed by atoms with E-state index in [9.17, 15) is 47.9 Å². The van der Waals surface area contributed by atoms with Crippen LogP contribution in [0, 0.1) is 23.7 Å². The first-order valence-corrected chi connectivity index (χ1v) is 33.2. The second kappa shape index (κ2) is 38.9. The molecular formula is C71H107N11O15. The first kappa shape index (κ1) is 80.8. The second-order valence-electron chi connectivity index (χ2n) is 26.7. The van der Waals surface area contributed by atoms with Crippen LogP contribution in [0.25, 0.3) is 0 Å². The number of urea groups is 1. The predicted molar refractivity (Wildman–Crippen MR) is 369 cm³/mol. The van der Waals surface area contributed by atoms with E-state index in [1.807, 2.05) is 64.1 Å². The fourth-order valence-electron chi connectivity index (χ4n) is 11.9. The van der Waals surface area contributed by atoms with Crippen molar-refractivity contribution in [3.8, 4) is 0 Å². The van der Waals surface area contributed by atoms with E-state index in [0.717, 1.165) is 11.1 Å². The van der Waals surface area contributed by atoms with Crippen molar-refractivity contribution in [1.82, 2.24) is 41.3 Å². The molecule has 1 heterocycles. The minimum Gasteiger partial charge on any atom is -0.467 e. The minimum absolute atomic E-state index is 0.0901. The lowest BCUT2D eigenvalue weighted by atomic mass is 9.89. The number of amides is 10. The average molecular weight is 1350 g/mol. The smallest absolute Gasteiger partial charge is 0.411 e. The molecule has 3 aromatic carbocycles. The summed E-state index contributed by atoms with van der Waals surface area (Å²) in [6.07, 6.45) is -0.646. The lowest BCUT2D eigenvalue weighted by Gasteiger charge is -2.41. The minimum atomic E-state index is -1.08. The lowest BCUT2D eigenvalue weighted by molar-refractivity contribution is -0.149. The molecule has 4 rings (SSSR count). The molecule has 9 N–H and O–H groups in total. The van der Waals surface area contributed by atoms with Gasteiger partial charge in [0, 0.05) is 58.7 Å². The molecule has 11 atom stereocenters. The number of anilines is 2. The Labute approximate surface area is 572 Å². The number of carbonyl (C=O) groups excluding carboxylic acids is 10. The number of hydrogen-bond donors (Lipinski definition) is 8. The Morgan fingerprint density at radius 2 is 1.35 bits per heavy atom. The number of esters is 1. The molecule has 0 aliphatic carbocycles. The van der Waals surface area contributed by atoms with Crippen LogP contribution in [-0.4, -0.2) is 183 Å². The number of primary amides is 1. The number of hydrogen-bond acceptors (Lipinski definition) is 16. The van der Waals surface area contributed by atoms with Crippen LogP contribution < -0.4 is 43.0 Å². The van der Waals surface area contributed by atoms with Crippen LogP contribution in [0.3, 0.4) is 0 Å². The van der Waals surface area contributed by atoms with E-state index < -0.39 is 114 Å². The van der Waals surface area contributed by atoms with Crippen molar-refractivity contribution in [1.29, 1.82) is 0 Å². The topological polar surface area (TPSA) is 337 Å². The van der Waals surface area contributed by atoms with Crippen LogP contribution in [0.5, 0.6) is 0 Å². The highest BCUT2D eigenvalue weighted by Gasteiger charge is 2.44. The van der Waals surface area contributed by atoms with Crippen molar-refractivity contribution in [3.05, 3.63) is 108 Å². The van der Waals surface area contributed by atoms with Gasteiger partial charge in [0.2, 0.25) is 35.4 Å². The molecule has 3 aromatic rings. The van der Waals surface area contributed by atoms with Gasteiger partial charge in [-0.15, -0.1) is 0 Å². The van der Waals surface area contributed by atoms with Crippen LogP contribution in [0.15, 0.2) is 91.0 Å². The van der Waals surface area contributed by atoms with Gasteiger partial charge in [-0.25, -0.2) is 19.2 Å². The maximum Gasteiger partial charge on any atom is 0.411 e. The lowest BCUT2D eigenvalue weighted by Crippen LogP contribution is -2.59.